The van der Waals surface area contributed by atoms with E-state index in [9.17, 15) is 17.6 Å². The van der Waals surface area contributed by atoms with E-state index < -0.39 is 15.7 Å². The van der Waals surface area contributed by atoms with Gasteiger partial charge >= 0.3 is 0 Å². The van der Waals surface area contributed by atoms with E-state index in [1.807, 2.05) is 0 Å². The zero-order chi connectivity index (χ0) is 21.3. The van der Waals surface area contributed by atoms with Crippen molar-refractivity contribution in [3.05, 3.63) is 89.8 Å². The summed E-state index contributed by atoms with van der Waals surface area (Å²) in [4.78, 5) is 12.6. The number of fused-ring (bicyclic) bond motifs is 1. The molecule has 1 N–H and O–H groups in total. The number of hydrogen-bond acceptors (Lipinski definition) is 3. The summed E-state index contributed by atoms with van der Waals surface area (Å²) < 4.78 is 41.1. The predicted octanol–water partition coefficient (Wildman–Crippen LogP) is 4.91. The fraction of sp³-hybridized carbons (Fsp3) is 0.0455. The van der Waals surface area contributed by atoms with Gasteiger partial charge in [-0.1, -0.05) is 41.9 Å². The summed E-state index contributed by atoms with van der Waals surface area (Å²) in [5.41, 5.74) is 1.06. The molecule has 0 bridgehead atoms. The highest BCUT2D eigenvalue weighted by molar-refractivity contribution is 7.91. The lowest BCUT2D eigenvalue weighted by molar-refractivity contribution is -0.116. The smallest absolute Gasteiger partial charge is 0.244 e. The molecule has 152 valence electrons. The van der Waals surface area contributed by atoms with E-state index in [0.29, 0.717) is 21.6 Å². The van der Waals surface area contributed by atoms with E-state index in [2.05, 4.69) is 5.32 Å². The number of para-hydroxylation sites is 2. The van der Waals surface area contributed by atoms with Crippen LogP contribution < -0.4 is 5.32 Å². The fourth-order valence-corrected chi connectivity index (χ4v) is 4.87. The molecule has 0 spiro atoms. The Morgan fingerprint density at radius 1 is 0.967 bits per heavy atom. The molecule has 0 atom stereocenters. The molecule has 5 nitrogen and oxygen atoms in total. The minimum absolute atomic E-state index is 0.0210. The van der Waals surface area contributed by atoms with E-state index in [0.717, 1.165) is 12.1 Å². The van der Waals surface area contributed by atoms with Gasteiger partial charge in [-0.2, -0.15) is 0 Å². The number of sulfone groups is 1. The van der Waals surface area contributed by atoms with Crippen LogP contribution in [-0.2, 0) is 21.2 Å². The van der Waals surface area contributed by atoms with Crippen molar-refractivity contribution in [2.24, 2.45) is 0 Å². The molecule has 4 aromatic rings. The molecular formula is C22H16ClFN2O3S. The number of anilines is 1. The maximum atomic E-state index is 13.2. The first-order valence-corrected chi connectivity index (χ1v) is 10.9. The molecule has 0 aliphatic rings. The van der Waals surface area contributed by atoms with E-state index in [-0.39, 0.29) is 22.2 Å². The molecule has 0 radical (unpaired) electrons. The third-order valence-corrected chi connectivity index (χ3v) is 6.75. The number of rotatable bonds is 5. The van der Waals surface area contributed by atoms with Crippen LogP contribution in [-0.4, -0.2) is 18.9 Å². The Hall–Kier alpha value is -3.16. The minimum atomic E-state index is -3.90. The Morgan fingerprint density at radius 2 is 1.63 bits per heavy atom. The normalized spacial score (nSPS) is 11.5. The lowest BCUT2D eigenvalue weighted by atomic mass is 10.2. The Bertz CT molecular complexity index is 1350. The highest BCUT2D eigenvalue weighted by atomic mass is 35.5. The van der Waals surface area contributed by atoms with Gasteiger partial charge in [-0.25, -0.2) is 12.8 Å². The number of hydrogen-bond donors (Lipinski definition) is 1. The van der Waals surface area contributed by atoms with Crippen molar-refractivity contribution >= 4 is 43.9 Å². The van der Waals surface area contributed by atoms with Gasteiger partial charge in [-0.3, -0.25) is 4.79 Å². The van der Waals surface area contributed by atoms with Crippen molar-refractivity contribution in [3.63, 3.8) is 0 Å². The van der Waals surface area contributed by atoms with Crippen molar-refractivity contribution < 1.29 is 17.6 Å². The van der Waals surface area contributed by atoms with Gasteiger partial charge in [0.1, 0.15) is 12.4 Å². The van der Waals surface area contributed by atoms with Gasteiger partial charge in [-0.05, 0) is 42.5 Å². The van der Waals surface area contributed by atoms with Crippen LogP contribution in [0.15, 0.2) is 88.8 Å². The number of amides is 1. The molecule has 4 rings (SSSR count). The third kappa shape index (κ3) is 3.81. The minimum Gasteiger partial charge on any atom is -0.337 e. The molecule has 0 aliphatic heterocycles. The summed E-state index contributed by atoms with van der Waals surface area (Å²) in [5.74, 6) is -0.873. The molecule has 1 amide bonds. The number of nitrogens with one attached hydrogen (secondary N) is 1. The molecule has 0 saturated heterocycles. The summed E-state index contributed by atoms with van der Waals surface area (Å²) >= 11 is 6.08. The van der Waals surface area contributed by atoms with Gasteiger partial charge in [0.05, 0.1) is 20.5 Å². The third-order valence-electron chi connectivity index (χ3n) is 4.63. The van der Waals surface area contributed by atoms with E-state index in [4.69, 9.17) is 11.6 Å². The SMILES string of the molecule is O=C(Cn1cc(S(=O)(=O)c2ccc(F)cc2)c2ccccc21)Nc1ccccc1Cl. The average molecular weight is 443 g/mol. The molecule has 0 unspecified atom stereocenters. The van der Waals surface area contributed by atoms with Crippen LogP contribution >= 0.6 is 11.6 Å². The van der Waals surface area contributed by atoms with Crippen molar-refractivity contribution in [3.8, 4) is 0 Å². The number of carbonyl (C=O) groups is 1. The number of carbonyl (C=O) groups excluding carboxylic acids is 1. The van der Waals surface area contributed by atoms with Gasteiger partial charge in [0, 0.05) is 17.1 Å². The Kier molecular flexibility index (Phi) is 5.32. The monoisotopic (exact) mass is 442 g/mol. The van der Waals surface area contributed by atoms with Crippen LogP contribution in [0.3, 0.4) is 0 Å². The first kappa shape index (κ1) is 20.1. The van der Waals surface area contributed by atoms with Crippen molar-refractivity contribution in [1.82, 2.24) is 4.57 Å². The quantitative estimate of drug-likeness (QED) is 0.447. The first-order valence-electron chi connectivity index (χ1n) is 8.99. The second-order valence-electron chi connectivity index (χ2n) is 6.62. The van der Waals surface area contributed by atoms with Crippen molar-refractivity contribution in [1.29, 1.82) is 0 Å². The Labute approximate surface area is 177 Å². The standard InChI is InChI=1S/C22H16ClFN2O3S/c23-18-6-2-3-7-19(18)25-22(27)14-26-13-21(17-5-1-4-8-20(17)26)30(28,29)16-11-9-15(24)10-12-16/h1-13H,14H2,(H,25,27). The van der Waals surface area contributed by atoms with Crippen LogP contribution in [0.25, 0.3) is 10.9 Å². The summed E-state index contributed by atoms with van der Waals surface area (Å²) in [6, 6.07) is 18.4. The van der Waals surface area contributed by atoms with E-state index in [1.165, 1.54) is 18.3 Å². The second kappa shape index (κ2) is 7.93. The maximum Gasteiger partial charge on any atom is 0.244 e. The lowest BCUT2D eigenvalue weighted by Gasteiger charge is -2.08. The van der Waals surface area contributed by atoms with E-state index >= 15 is 0 Å². The van der Waals surface area contributed by atoms with Crippen LogP contribution in [0.4, 0.5) is 10.1 Å². The Morgan fingerprint density at radius 3 is 2.37 bits per heavy atom. The molecular weight excluding hydrogens is 427 g/mol. The van der Waals surface area contributed by atoms with Gasteiger partial charge in [-0.15, -0.1) is 0 Å². The van der Waals surface area contributed by atoms with E-state index in [1.54, 1.807) is 53.1 Å². The highest BCUT2D eigenvalue weighted by Crippen LogP contribution is 2.30. The van der Waals surface area contributed by atoms with Crippen molar-refractivity contribution in [2.75, 3.05) is 5.32 Å². The number of halogens is 2. The van der Waals surface area contributed by atoms with Crippen LogP contribution in [0.1, 0.15) is 0 Å². The summed E-state index contributed by atoms with van der Waals surface area (Å²) in [6.07, 6.45) is 1.43. The predicted molar refractivity (Wildman–Crippen MR) is 114 cm³/mol. The first-order chi connectivity index (χ1) is 14.4. The maximum absolute atomic E-state index is 13.2. The number of benzene rings is 3. The molecule has 1 aromatic heterocycles. The average Bonchev–Trinajstić information content (AvgIpc) is 3.09. The van der Waals surface area contributed by atoms with Crippen molar-refractivity contribution in [2.45, 2.75) is 16.3 Å². The zero-order valence-corrected chi connectivity index (χ0v) is 17.1. The molecule has 30 heavy (non-hydrogen) atoms. The van der Waals surface area contributed by atoms with Gasteiger partial charge < -0.3 is 9.88 Å². The van der Waals surface area contributed by atoms with Crippen LogP contribution in [0.2, 0.25) is 5.02 Å². The molecule has 8 heteroatoms. The number of aromatic nitrogens is 1. The molecule has 0 saturated carbocycles. The van der Waals surface area contributed by atoms with Crippen LogP contribution in [0.5, 0.6) is 0 Å². The largest absolute Gasteiger partial charge is 0.337 e. The summed E-state index contributed by atoms with van der Waals surface area (Å²) in [5, 5.41) is 3.61. The summed E-state index contributed by atoms with van der Waals surface area (Å²) in [7, 11) is -3.90. The van der Waals surface area contributed by atoms with Crippen LogP contribution in [0, 0.1) is 5.82 Å². The zero-order valence-electron chi connectivity index (χ0n) is 15.5. The van der Waals surface area contributed by atoms with Gasteiger partial charge in [0.2, 0.25) is 15.7 Å². The lowest BCUT2D eigenvalue weighted by Crippen LogP contribution is -2.18. The topological polar surface area (TPSA) is 68.2 Å². The molecule has 1 heterocycles. The highest BCUT2D eigenvalue weighted by Gasteiger charge is 2.24. The molecule has 0 aliphatic carbocycles. The number of nitrogens with zero attached hydrogens (tertiary/aromatic N) is 1. The fourth-order valence-electron chi connectivity index (χ4n) is 3.21. The summed E-state index contributed by atoms with van der Waals surface area (Å²) in [6.45, 7) is -0.106. The van der Waals surface area contributed by atoms with Gasteiger partial charge in [0.25, 0.3) is 0 Å². The molecule has 0 fully saturated rings. The second-order valence-corrected chi connectivity index (χ2v) is 8.95. The Balaban J connectivity index is 1.71. The molecule has 3 aromatic carbocycles. The van der Waals surface area contributed by atoms with Gasteiger partial charge in [0.15, 0.2) is 0 Å².